The molecule has 3 rings (SSSR count). The van der Waals surface area contributed by atoms with Crippen molar-refractivity contribution in [3.8, 4) is 0 Å². The lowest BCUT2D eigenvalue weighted by molar-refractivity contribution is -0.138. The summed E-state index contributed by atoms with van der Waals surface area (Å²) < 4.78 is 4.93. The van der Waals surface area contributed by atoms with E-state index < -0.39 is 5.54 Å². The second-order valence-electron chi connectivity index (χ2n) is 7.01. The maximum absolute atomic E-state index is 12.9. The zero-order chi connectivity index (χ0) is 19.4. The normalized spacial score (nSPS) is 16.2. The SMILES string of the molecule is Cc1cc(NC(=O)CN2CCN(C(=O)C(C)(N)c3ccccc3)CC2)no1.Cl.Cl. The number of halogens is 2. The van der Waals surface area contributed by atoms with Crippen LogP contribution in [0.25, 0.3) is 0 Å². The third kappa shape index (κ3) is 6.17. The number of nitrogens with two attached hydrogens (primary N) is 1. The van der Waals surface area contributed by atoms with Crippen LogP contribution in [0.15, 0.2) is 40.9 Å². The Morgan fingerprint density at radius 2 is 1.79 bits per heavy atom. The van der Waals surface area contributed by atoms with Gasteiger partial charge in [0.2, 0.25) is 11.8 Å². The standard InChI is InChI=1S/C19H25N5O3.2ClH/c1-14-12-16(22-27-14)21-17(25)13-23-8-10-24(11-9-23)18(26)19(2,20)15-6-4-3-5-7-15;;/h3-7,12H,8-11,13,20H2,1-2H3,(H,21,22,25);2*1H. The van der Waals surface area contributed by atoms with Gasteiger partial charge in [0, 0.05) is 32.2 Å². The summed E-state index contributed by atoms with van der Waals surface area (Å²) in [5, 5.41) is 6.45. The first-order valence-corrected chi connectivity index (χ1v) is 8.95. The van der Waals surface area contributed by atoms with Crippen molar-refractivity contribution in [3.63, 3.8) is 0 Å². The summed E-state index contributed by atoms with van der Waals surface area (Å²) in [6.07, 6.45) is 0. The number of hydrogen-bond acceptors (Lipinski definition) is 6. The van der Waals surface area contributed by atoms with Gasteiger partial charge in [0.1, 0.15) is 11.3 Å². The van der Waals surface area contributed by atoms with Gasteiger partial charge < -0.3 is 20.5 Å². The third-order valence-electron chi connectivity index (χ3n) is 4.74. The van der Waals surface area contributed by atoms with Gasteiger partial charge in [0.05, 0.1) is 6.54 Å². The summed E-state index contributed by atoms with van der Waals surface area (Å²) in [5.74, 6) is 0.792. The number of piperazine rings is 1. The Bertz CT molecular complexity index is 805. The van der Waals surface area contributed by atoms with Crippen molar-refractivity contribution in [3.05, 3.63) is 47.7 Å². The molecule has 1 aromatic carbocycles. The van der Waals surface area contributed by atoms with Crippen LogP contribution in [-0.2, 0) is 15.1 Å². The molecular weight excluding hydrogens is 417 g/mol. The molecule has 2 heterocycles. The molecule has 1 unspecified atom stereocenters. The van der Waals surface area contributed by atoms with E-state index in [1.54, 1.807) is 24.8 Å². The van der Waals surface area contributed by atoms with Crippen LogP contribution in [0.1, 0.15) is 18.2 Å². The van der Waals surface area contributed by atoms with Crippen molar-refractivity contribution in [1.29, 1.82) is 0 Å². The first-order chi connectivity index (χ1) is 12.9. The largest absolute Gasteiger partial charge is 0.360 e. The summed E-state index contributed by atoms with van der Waals surface area (Å²) in [6.45, 7) is 6.05. The highest BCUT2D eigenvalue weighted by Gasteiger charge is 2.35. The lowest BCUT2D eigenvalue weighted by Gasteiger charge is -2.38. The lowest BCUT2D eigenvalue weighted by Crippen LogP contribution is -2.57. The number of benzene rings is 1. The van der Waals surface area contributed by atoms with Crippen molar-refractivity contribution < 1.29 is 14.1 Å². The number of anilines is 1. The molecule has 1 aliphatic heterocycles. The quantitative estimate of drug-likeness (QED) is 0.729. The number of carbonyl (C=O) groups is 2. The first-order valence-electron chi connectivity index (χ1n) is 8.95. The summed E-state index contributed by atoms with van der Waals surface area (Å²) >= 11 is 0. The molecule has 0 aliphatic carbocycles. The van der Waals surface area contributed by atoms with E-state index in [-0.39, 0.29) is 43.2 Å². The van der Waals surface area contributed by atoms with Gasteiger partial charge in [-0.3, -0.25) is 14.5 Å². The molecule has 1 aromatic heterocycles. The monoisotopic (exact) mass is 443 g/mol. The highest BCUT2D eigenvalue weighted by Crippen LogP contribution is 2.21. The van der Waals surface area contributed by atoms with Gasteiger partial charge >= 0.3 is 0 Å². The van der Waals surface area contributed by atoms with Crippen LogP contribution < -0.4 is 11.1 Å². The van der Waals surface area contributed by atoms with Gasteiger partial charge in [-0.25, -0.2) is 0 Å². The minimum Gasteiger partial charge on any atom is -0.360 e. The molecule has 160 valence electrons. The van der Waals surface area contributed by atoms with Crippen molar-refractivity contribution in [2.45, 2.75) is 19.4 Å². The molecule has 2 amide bonds. The van der Waals surface area contributed by atoms with Crippen LogP contribution in [0.3, 0.4) is 0 Å². The predicted octanol–water partition coefficient (Wildman–Crippen LogP) is 1.78. The summed E-state index contributed by atoms with van der Waals surface area (Å²) in [7, 11) is 0. The number of amides is 2. The van der Waals surface area contributed by atoms with Gasteiger partial charge in [-0.2, -0.15) is 0 Å². The van der Waals surface area contributed by atoms with Crippen LogP contribution >= 0.6 is 24.8 Å². The predicted molar refractivity (Wildman–Crippen MR) is 115 cm³/mol. The zero-order valence-corrected chi connectivity index (χ0v) is 18.1. The second-order valence-corrected chi connectivity index (χ2v) is 7.01. The van der Waals surface area contributed by atoms with Gasteiger partial charge in [0.25, 0.3) is 0 Å². The van der Waals surface area contributed by atoms with Crippen molar-refractivity contribution in [1.82, 2.24) is 15.0 Å². The maximum Gasteiger partial charge on any atom is 0.247 e. The van der Waals surface area contributed by atoms with Gasteiger partial charge in [-0.05, 0) is 19.4 Å². The Kier molecular flexibility index (Phi) is 9.10. The van der Waals surface area contributed by atoms with Crippen molar-refractivity contribution in [2.75, 3.05) is 38.0 Å². The minimum atomic E-state index is -1.06. The molecule has 0 spiro atoms. The fourth-order valence-electron chi connectivity index (χ4n) is 3.16. The highest BCUT2D eigenvalue weighted by molar-refractivity contribution is 5.91. The fourth-order valence-corrected chi connectivity index (χ4v) is 3.16. The molecule has 29 heavy (non-hydrogen) atoms. The molecule has 1 fully saturated rings. The number of rotatable bonds is 5. The zero-order valence-electron chi connectivity index (χ0n) is 16.5. The molecule has 0 radical (unpaired) electrons. The molecule has 0 saturated carbocycles. The van der Waals surface area contributed by atoms with E-state index in [1.165, 1.54) is 0 Å². The van der Waals surface area contributed by atoms with E-state index in [0.717, 1.165) is 5.56 Å². The van der Waals surface area contributed by atoms with Crippen LogP contribution in [0.4, 0.5) is 5.82 Å². The number of hydrogen-bond donors (Lipinski definition) is 2. The first kappa shape index (κ1) is 24.9. The average molecular weight is 444 g/mol. The second kappa shape index (κ2) is 10.6. The van der Waals surface area contributed by atoms with E-state index >= 15 is 0 Å². The van der Waals surface area contributed by atoms with Crippen molar-refractivity contribution in [2.24, 2.45) is 5.73 Å². The van der Waals surface area contributed by atoms with E-state index in [9.17, 15) is 9.59 Å². The fraction of sp³-hybridized carbons (Fsp3) is 0.421. The Morgan fingerprint density at radius 1 is 1.17 bits per heavy atom. The maximum atomic E-state index is 12.9. The molecule has 8 nitrogen and oxygen atoms in total. The summed E-state index contributed by atoms with van der Waals surface area (Å²) in [6, 6.07) is 11.0. The lowest BCUT2D eigenvalue weighted by atomic mass is 9.91. The van der Waals surface area contributed by atoms with Crippen LogP contribution in [0.5, 0.6) is 0 Å². The van der Waals surface area contributed by atoms with Crippen LogP contribution in [-0.4, -0.2) is 59.5 Å². The van der Waals surface area contributed by atoms with Crippen molar-refractivity contribution >= 4 is 42.4 Å². The molecule has 3 N–H and O–H groups in total. The van der Waals surface area contributed by atoms with Crippen LogP contribution in [0, 0.1) is 6.92 Å². The number of aromatic nitrogens is 1. The molecule has 0 bridgehead atoms. The minimum absolute atomic E-state index is 0. The van der Waals surface area contributed by atoms with Gasteiger partial charge in [-0.1, -0.05) is 35.5 Å². The Hall–Kier alpha value is -2.13. The number of aryl methyl sites for hydroxylation is 1. The van der Waals surface area contributed by atoms with E-state index in [2.05, 4.69) is 10.5 Å². The topological polar surface area (TPSA) is 105 Å². The van der Waals surface area contributed by atoms with E-state index in [0.29, 0.717) is 37.8 Å². The molecule has 1 saturated heterocycles. The highest BCUT2D eigenvalue weighted by atomic mass is 35.5. The van der Waals surface area contributed by atoms with Gasteiger partial charge in [0.15, 0.2) is 5.82 Å². The Balaban J connectivity index is 0.00000210. The summed E-state index contributed by atoms with van der Waals surface area (Å²) in [5.41, 5.74) is 6.06. The third-order valence-corrected chi connectivity index (χ3v) is 4.74. The number of nitrogens with zero attached hydrogens (tertiary/aromatic N) is 3. The number of carbonyl (C=O) groups excluding carboxylic acids is 2. The smallest absolute Gasteiger partial charge is 0.247 e. The number of nitrogens with one attached hydrogen (secondary N) is 1. The molecule has 1 aliphatic rings. The molecule has 1 atom stereocenters. The molecular formula is C19H27Cl2N5O3. The molecule has 2 aromatic rings. The van der Waals surface area contributed by atoms with E-state index in [1.807, 2.05) is 35.2 Å². The van der Waals surface area contributed by atoms with E-state index in [4.69, 9.17) is 10.3 Å². The van der Waals surface area contributed by atoms with Crippen LogP contribution in [0.2, 0.25) is 0 Å². The Morgan fingerprint density at radius 3 is 2.34 bits per heavy atom. The Labute approximate surface area is 182 Å². The average Bonchev–Trinajstić information content (AvgIpc) is 3.07. The molecule has 10 heteroatoms. The summed E-state index contributed by atoms with van der Waals surface area (Å²) in [4.78, 5) is 28.8. The van der Waals surface area contributed by atoms with Gasteiger partial charge in [-0.15, -0.1) is 24.8 Å².